The van der Waals surface area contributed by atoms with Crippen LogP contribution in [0.5, 0.6) is 11.6 Å². The average Bonchev–Trinajstić information content (AvgIpc) is 2.60. The number of aliphatic imine (C=N–C) groups is 1. The first-order chi connectivity index (χ1) is 11.1. The molecule has 0 bridgehead atoms. The molecule has 116 valence electrons. The molecule has 0 aliphatic heterocycles. The van der Waals surface area contributed by atoms with E-state index in [2.05, 4.69) is 4.99 Å². The lowest BCUT2D eigenvalue weighted by molar-refractivity contribution is 0.414. The van der Waals surface area contributed by atoms with Crippen molar-refractivity contribution < 1.29 is 9.84 Å². The lowest BCUT2D eigenvalue weighted by Crippen LogP contribution is -2.18. The number of hydrogen-bond acceptors (Lipinski definition) is 4. The number of aromatic nitrogens is 1. The maximum absolute atomic E-state index is 12.3. The van der Waals surface area contributed by atoms with Crippen molar-refractivity contribution >= 4 is 22.7 Å². The predicted octanol–water partition coefficient (Wildman–Crippen LogP) is 3.00. The van der Waals surface area contributed by atoms with E-state index in [9.17, 15) is 9.90 Å². The third-order valence-corrected chi connectivity index (χ3v) is 3.71. The average molecular weight is 308 g/mol. The van der Waals surface area contributed by atoms with E-state index in [1.807, 2.05) is 30.3 Å². The smallest absolute Gasteiger partial charge is 0.261 e. The van der Waals surface area contributed by atoms with Gasteiger partial charge in [0.25, 0.3) is 5.56 Å². The van der Waals surface area contributed by atoms with Crippen molar-refractivity contribution in [1.82, 2.24) is 4.57 Å². The first kappa shape index (κ1) is 14.8. The number of fused-ring (bicyclic) bond motifs is 1. The van der Waals surface area contributed by atoms with Crippen LogP contribution in [0.3, 0.4) is 0 Å². The van der Waals surface area contributed by atoms with Crippen molar-refractivity contribution in [2.75, 3.05) is 7.11 Å². The molecular weight excluding hydrogens is 292 g/mol. The molecule has 0 aliphatic carbocycles. The van der Waals surface area contributed by atoms with Gasteiger partial charge in [-0.3, -0.25) is 14.4 Å². The van der Waals surface area contributed by atoms with E-state index in [1.54, 1.807) is 31.5 Å². The fourth-order valence-corrected chi connectivity index (χ4v) is 2.42. The van der Waals surface area contributed by atoms with Gasteiger partial charge in [0.2, 0.25) is 5.88 Å². The Kier molecular flexibility index (Phi) is 3.85. The molecular formula is C18H16N2O3. The van der Waals surface area contributed by atoms with E-state index in [1.165, 1.54) is 11.6 Å². The van der Waals surface area contributed by atoms with Crippen molar-refractivity contribution in [2.24, 2.45) is 12.0 Å². The van der Waals surface area contributed by atoms with Crippen LogP contribution in [0.1, 0.15) is 5.56 Å². The third kappa shape index (κ3) is 2.68. The minimum absolute atomic E-state index is 0.118. The molecule has 1 aromatic heterocycles. The molecule has 1 N–H and O–H groups in total. The quantitative estimate of drug-likeness (QED) is 0.757. The second-order valence-electron chi connectivity index (χ2n) is 5.11. The Morgan fingerprint density at radius 2 is 1.87 bits per heavy atom. The van der Waals surface area contributed by atoms with E-state index in [4.69, 9.17) is 4.74 Å². The van der Waals surface area contributed by atoms with Crippen LogP contribution in [0.25, 0.3) is 10.8 Å². The van der Waals surface area contributed by atoms with E-state index in [0.29, 0.717) is 22.1 Å². The van der Waals surface area contributed by atoms with E-state index < -0.39 is 0 Å². The lowest BCUT2D eigenvalue weighted by atomic mass is 10.1. The van der Waals surface area contributed by atoms with Crippen LogP contribution in [0, 0.1) is 0 Å². The standard InChI is InChI=1S/C18H16N2O3/c1-20-17(21)15-10-13(23-2)8-9-14(15)16(18(20)22)11-19-12-6-4-3-5-7-12/h3-11,22H,1-2H3. The Balaban J connectivity index is 2.23. The molecule has 0 atom stereocenters. The number of ether oxygens (including phenoxy) is 1. The van der Waals surface area contributed by atoms with Crippen molar-refractivity contribution in [3.63, 3.8) is 0 Å². The van der Waals surface area contributed by atoms with Crippen LogP contribution < -0.4 is 10.3 Å². The molecule has 23 heavy (non-hydrogen) atoms. The monoisotopic (exact) mass is 308 g/mol. The molecule has 0 aliphatic rings. The number of methoxy groups -OCH3 is 1. The summed E-state index contributed by atoms with van der Waals surface area (Å²) in [5, 5.41) is 11.4. The van der Waals surface area contributed by atoms with Gasteiger partial charge in [-0.15, -0.1) is 0 Å². The van der Waals surface area contributed by atoms with Gasteiger partial charge in [-0.2, -0.15) is 0 Å². The van der Waals surface area contributed by atoms with Gasteiger partial charge in [0, 0.05) is 18.6 Å². The van der Waals surface area contributed by atoms with Crippen LogP contribution in [0.2, 0.25) is 0 Å². The summed E-state index contributed by atoms with van der Waals surface area (Å²) in [7, 11) is 3.07. The first-order valence-electron chi connectivity index (χ1n) is 7.10. The molecule has 2 aromatic carbocycles. The summed E-state index contributed by atoms with van der Waals surface area (Å²) < 4.78 is 6.37. The van der Waals surface area contributed by atoms with Crippen molar-refractivity contribution in [2.45, 2.75) is 0 Å². The van der Waals surface area contributed by atoms with Gasteiger partial charge in [0.05, 0.1) is 23.7 Å². The van der Waals surface area contributed by atoms with Crippen LogP contribution in [0.4, 0.5) is 5.69 Å². The first-order valence-corrected chi connectivity index (χ1v) is 7.10. The lowest BCUT2D eigenvalue weighted by Gasteiger charge is -2.10. The minimum atomic E-state index is -0.284. The fourth-order valence-electron chi connectivity index (χ4n) is 2.42. The predicted molar refractivity (Wildman–Crippen MR) is 91.1 cm³/mol. The number of aromatic hydroxyl groups is 1. The zero-order chi connectivity index (χ0) is 16.4. The normalized spacial score (nSPS) is 11.2. The van der Waals surface area contributed by atoms with Gasteiger partial charge < -0.3 is 9.84 Å². The highest BCUT2D eigenvalue weighted by molar-refractivity contribution is 6.02. The Bertz CT molecular complexity index is 944. The summed E-state index contributed by atoms with van der Waals surface area (Å²) in [6.07, 6.45) is 1.57. The van der Waals surface area contributed by atoms with Gasteiger partial charge >= 0.3 is 0 Å². The Morgan fingerprint density at radius 3 is 2.57 bits per heavy atom. The molecule has 3 aromatic rings. The minimum Gasteiger partial charge on any atom is -0.497 e. The maximum Gasteiger partial charge on any atom is 0.261 e. The van der Waals surface area contributed by atoms with E-state index in [-0.39, 0.29) is 11.4 Å². The molecule has 3 rings (SSSR count). The zero-order valence-electron chi connectivity index (χ0n) is 12.9. The molecule has 5 heteroatoms. The SMILES string of the molecule is COc1ccc2c(C=Nc3ccccc3)c(O)n(C)c(=O)c2c1. The second kappa shape index (κ2) is 5.96. The summed E-state index contributed by atoms with van der Waals surface area (Å²) in [4.78, 5) is 16.7. The summed E-state index contributed by atoms with van der Waals surface area (Å²) in [5.74, 6) is 0.471. The molecule has 0 amide bonds. The van der Waals surface area contributed by atoms with Crippen LogP contribution in [0.15, 0.2) is 58.3 Å². The summed E-state index contributed by atoms with van der Waals surface area (Å²) >= 11 is 0. The number of hydrogen-bond donors (Lipinski definition) is 1. The maximum atomic E-state index is 12.3. The molecule has 0 fully saturated rings. The number of benzene rings is 2. The molecule has 0 spiro atoms. The highest BCUT2D eigenvalue weighted by Crippen LogP contribution is 2.26. The fraction of sp³-hybridized carbons (Fsp3) is 0.111. The Labute approximate surface area is 133 Å². The molecule has 1 heterocycles. The molecule has 0 unspecified atom stereocenters. The van der Waals surface area contributed by atoms with E-state index >= 15 is 0 Å². The van der Waals surface area contributed by atoms with Gasteiger partial charge in [0.15, 0.2) is 0 Å². The highest BCUT2D eigenvalue weighted by Gasteiger charge is 2.13. The number of rotatable bonds is 3. The Hall–Kier alpha value is -3.08. The topological polar surface area (TPSA) is 63.8 Å². The van der Waals surface area contributed by atoms with Gasteiger partial charge in [-0.1, -0.05) is 18.2 Å². The Morgan fingerprint density at radius 1 is 1.13 bits per heavy atom. The molecule has 0 radical (unpaired) electrons. The van der Waals surface area contributed by atoms with Crippen molar-refractivity contribution in [3.05, 3.63) is 64.4 Å². The van der Waals surface area contributed by atoms with Crippen LogP contribution >= 0.6 is 0 Å². The number of para-hydroxylation sites is 1. The van der Waals surface area contributed by atoms with Crippen molar-refractivity contribution in [1.29, 1.82) is 0 Å². The second-order valence-corrected chi connectivity index (χ2v) is 5.11. The van der Waals surface area contributed by atoms with Gasteiger partial charge in [-0.25, -0.2) is 0 Å². The van der Waals surface area contributed by atoms with Gasteiger partial charge in [0.1, 0.15) is 5.75 Å². The highest BCUT2D eigenvalue weighted by atomic mass is 16.5. The van der Waals surface area contributed by atoms with E-state index in [0.717, 1.165) is 5.69 Å². The number of nitrogens with zero attached hydrogens (tertiary/aromatic N) is 2. The molecule has 0 saturated heterocycles. The molecule has 0 saturated carbocycles. The summed E-state index contributed by atoms with van der Waals surface area (Å²) in [6.45, 7) is 0. The van der Waals surface area contributed by atoms with Crippen LogP contribution in [-0.4, -0.2) is 23.0 Å². The largest absolute Gasteiger partial charge is 0.497 e. The third-order valence-electron chi connectivity index (χ3n) is 3.71. The summed E-state index contributed by atoms with van der Waals surface area (Å²) in [5.41, 5.74) is 0.976. The van der Waals surface area contributed by atoms with Crippen LogP contribution in [-0.2, 0) is 7.05 Å². The van der Waals surface area contributed by atoms with Gasteiger partial charge in [-0.05, 0) is 30.3 Å². The van der Waals surface area contributed by atoms with Crippen molar-refractivity contribution in [3.8, 4) is 11.6 Å². The zero-order valence-corrected chi connectivity index (χ0v) is 12.9. The summed E-state index contributed by atoms with van der Waals surface area (Å²) in [6, 6.07) is 14.6. The molecule has 5 nitrogen and oxygen atoms in total. The number of pyridine rings is 1.